The number of amides is 1. The van der Waals surface area contributed by atoms with Gasteiger partial charge < -0.3 is 9.64 Å². The summed E-state index contributed by atoms with van der Waals surface area (Å²) in [5, 5.41) is 4.37. The molecule has 0 unspecified atom stereocenters. The zero-order chi connectivity index (χ0) is 16.5. The molecule has 0 bridgehead atoms. The van der Waals surface area contributed by atoms with E-state index in [2.05, 4.69) is 5.10 Å². The summed E-state index contributed by atoms with van der Waals surface area (Å²) in [6, 6.07) is 7.41. The Morgan fingerprint density at radius 2 is 2.05 bits per heavy atom. The van der Waals surface area contributed by atoms with Crippen LogP contribution in [0.4, 0.5) is 4.79 Å². The third kappa shape index (κ3) is 4.49. The van der Waals surface area contributed by atoms with E-state index in [1.807, 2.05) is 45.0 Å². The molecule has 120 valence electrons. The Kier molecular flexibility index (Phi) is 7.46. The molecule has 0 saturated heterocycles. The van der Waals surface area contributed by atoms with Gasteiger partial charge in [0.25, 0.3) is 0 Å². The highest BCUT2D eigenvalue weighted by Crippen LogP contribution is 2.19. The van der Waals surface area contributed by atoms with Gasteiger partial charge in [0, 0.05) is 12.1 Å². The summed E-state index contributed by atoms with van der Waals surface area (Å²) in [4.78, 5) is 14.0. The van der Waals surface area contributed by atoms with Crippen LogP contribution in [0.2, 0.25) is 5.02 Å². The largest absolute Gasteiger partial charge is 0.496 e. The van der Waals surface area contributed by atoms with Gasteiger partial charge in [-0.3, -0.25) is 0 Å². The Labute approximate surface area is 136 Å². The zero-order valence-electron chi connectivity index (χ0n) is 13.4. The highest BCUT2D eigenvalue weighted by Gasteiger charge is 2.16. The average molecular weight is 324 g/mol. The van der Waals surface area contributed by atoms with Crippen molar-refractivity contribution in [1.29, 1.82) is 0 Å². The van der Waals surface area contributed by atoms with Crippen molar-refractivity contribution in [2.45, 2.75) is 27.3 Å². The third-order valence-corrected chi connectivity index (χ3v) is 3.15. The minimum Gasteiger partial charge on any atom is -0.496 e. The molecule has 0 N–H and O–H groups in total. The number of nitrogens with zero attached hydrogens (tertiary/aromatic N) is 3. The molecule has 5 nitrogen and oxygen atoms in total. The Morgan fingerprint density at radius 1 is 1.36 bits per heavy atom. The summed E-state index contributed by atoms with van der Waals surface area (Å²) in [5.74, 6) is 0.761. The number of carbonyl (C=O) groups is 1. The van der Waals surface area contributed by atoms with Crippen LogP contribution in [-0.4, -0.2) is 34.4 Å². The first-order valence-electron chi connectivity index (χ1n) is 7.27. The number of hydrogen-bond donors (Lipinski definition) is 0. The first kappa shape index (κ1) is 18.0. The van der Waals surface area contributed by atoms with Crippen LogP contribution < -0.4 is 4.74 Å². The lowest BCUT2D eigenvalue weighted by Gasteiger charge is -2.21. The van der Waals surface area contributed by atoms with E-state index in [0.29, 0.717) is 18.1 Å². The first-order valence-corrected chi connectivity index (χ1v) is 7.64. The van der Waals surface area contributed by atoms with E-state index in [9.17, 15) is 4.79 Å². The van der Waals surface area contributed by atoms with Crippen molar-refractivity contribution >= 4 is 17.6 Å². The second-order valence-corrected chi connectivity index (χ2v) is 4.65. The fourth-order valence-electron chi connectivity index (χ4n) is 1.90. The SMILES string of the molecule is CC.CCN(Cc1ccccc1OC)C(=O)n1cc(Cl)cn1. The smallest absolute Gasteiger partial charge is 0.344 e. The summed E-state index contributed by atoms with van der Waals surface area (Å²) >= 11 is 5.79. The molecule has 0 aliphatic carbocycles. The molecule has 0 aliphatic heterocycles. The van der Waals surface area contributed by atoms with Gasteiger partial charge in [0.1, 0.15) is 5.75 Å². The third-order valence-electron chi connectivity index (χ3n) is 2.95. The molecular weight excluding hydrogens is 302 g/mol. The number of benzene rings is 1. The molecule has 2 rings (SSSR count). The van der Waals surface area contributed by atoms with Crippen LogP contribution in [0.5, 0.6) is 5.75 Å². The lowest BCUT2D eigenvalue weighted by atomic mass is 10.2. The van der Waals surface area contributed by atoms with Crippen LogP contribution in [0.15, 0.2) is 36.7 Å². The summed E-state index contributed by atoms with van der Waals surface area (Å²) in [6.45, 7) is 6.93. The lowest BCUT2D eigenvalue weighted by Crippen LogP contribution is -2.34. The maximum atomic E-state index is 12.3. The standard InChI is InChI=1S/C14H16ClN3O2.C2H6/c1-3-17(14(19)18-10-12(15)8-16-18)9-11-6-4-5-7-13(11)20-2;1-2/h4-8,10H,3,9H2,1-2H3;1-2H3. The van der Waals surface area contributed by atoms with E-state index in [1.54, 1.807) is 12.0 Å². The average Bonchev–Trinajstić information content (AvgIpc) is 3.00. The predicted octanol–water partition coefficient (Wildman–Crippen LogP) is 4.06. The van der Waals surface area contributed by atoms with Gasteiger partial charge in [0.2, 0.25) is 0 Å². The van der Waals surface area contributed by atoms with Crippen molar-refractivity contribution < 1.29 is 9.53 Å². The Bertz CT molecular complexity index is 599. The van der Waals surface area contributed by atoms with Gasteiger partial charge in [-0.05, 0) is 13.0 Å². The van der Waals surface area contributed by atoms with Crippen molar-refractivity contribution in [3.05, 3.63) is 47.2 Å². The minimum absolute atomic E-state index is 0.217. The first-order chi connectivity index (χ1) is 10.7. The van der Waals surface area contributed by atoms with Crippen LogP contribution in [0.1, 0.15) is 26.3 Å². The van der Waals surface area contributed by atoms with Gasteiger partial charge in [0.05, 0.1) is 31.1 Å². The van der Waals surface area contributed by atoms with E-state index in [1.165, 1.54) is 17.1 Å². The fraction of sp³-hybridized carbons (Fsp3) is 0.375. The van der Waals surface area contributed by atoms with Crippen LogP contribution >= 0.6 is 11.6 Å². The molecule has 0 atom stereocenters. The molecular formula is C16H22ClN3O2. The fourth-order valence-corrected chi connectivity index (χ4v) is 2.04. The highest BCUT2D eigenvalue weighted by atomic mass is 35.5. The second-order valence-electron chi connectivity index (χ2n) is 4.21. The molecule has 1 amide bonds. The van der Waals surface area contributed by atoms with Crippen LogP contribution in [0, 0.1) is 0 Å². The molecule has 0 spiro atoms. The van der Waals surface area contributed by atoms with Crippen molar-refractivity contribution in [2.75, 3.05) is 13.7 Å². The van der Waals surface area contributed by atoms with E-state index in [4.69, 9.17) is 16.3 Å². The molecule has 0 fully saturated rings. The van der Waals surface area contributed by atoms with Gasteiger partial charge in [0.15, 0.2) is 0 Å². The molecule has 2 aromatic rings. The molecule has 0 radical (unpaired) electrons. The van der Waals surface area contributed by atoms with Gasteiger partial charge in [-0.15, -0.1) is 0 Å². The number of halogens is 1. The Morgan fingerprint density at radius 3 is 2.59 bits per heavy atom. The molecule has 1 aromatic heterocycles. The Hall–Kier alpha value is -2.01. The summed E-state index contributed by atoms with van der Waals surface area (Å²) in [7, 11) is 1.62. The number of ether oxygens (including phenoxy) is 1. The van der Waals surface area contributed by atoms with Gasteiger partial charge in [-0.25, -0.2) is 4.79 Å². The quantitative estimate of drug-likeness (QED) is 0.852. The van der Waals surface area contributed by atoms with Crippen LogP contribution in [-0.2, 0) is 6.54 Å². The van der Waals surface area contributed by atoms with Crippen molar-refractivity contribution in [1.82, 2.24) is 14.7 Å². The monoisotopic (exact) mass is 323 g/mol. The number of hydrogen-bond acceptors (Lipinski definition) is 3. The van der Waals surface area contributed by atoms with Crippen molar-refractivity contribution in [2.24, 2.45) is 0 Å². The van der Waals surface area contributed by atoms with E-state index in [-0.39, 0.29) is 6.03 Å². The van der Waals surface area contributed by atoms with Crippen LogP contribution in [0.25, 0.3) is 0 Å². The number of aromatic nitrogens is 2. The van der Waals surface area contributed by atoms with E-state index < -0.39 is 0 Å². The second kappa shape index (κ2) is 9.10. The topological polar surface area (TPSA) is 47.4 Å². The summed E-state index contributed by atoms with van der Waals surface area (Å²) < 4.78 is 6.54. The van der Waals surface area contributed by atoms with E-state index >= 15 is 0 Å². The number of methoxy groups -OCH3 is 1. The normalized spacial score (nSPS) is 9.68. The Balaban J connectivity index is 0.00000116. The lowest BCUT2D eigenvalue weighted by molar-refractivity contribution is 0.196. The molecule has 22 heavy (non-hydrogen) atoms. The van der Waals surface area contributed by atoms with Gasteiger partial charge in [-0.2, -0.15) is 9.78 Å². The molecule has 1 aromatic carbocycles. The van der Waals surface area contributed by atoms with E-state index in [0.717, 1.165) is 11.3 Å². The van der Waals surface area contributed by atoms with Crippen molar-refractivity contribution in [3.63, 3.8) is 0 Å². The molecule has 0 saturated carbocycles. The maximum absolute atomic E-state index is 12.3. The van der Waals surface area contributed by atoms with Gasteiger partial charge in [-0.1, -0.05) is 43.6 Å². The number of carbonyl (C=O) groups excluding carboxylic acids is 1. The summed E-state index contributed by atoms with van der Waals surface area (Å²) in [5.41, 5.74) is 0.948. The maximum Gasteiger partial charge on any atom is 0.344 e. The molecule has 0 aliphatic rings. The highest BCUT2D eigenvalue weighted by molar-refractivity contribution is 6.30. The minimum atomic E-state index is -0.217. The molecule has 1 heterocycles. The molecule has 6 heteroatoms. The van der Waals surface area contributed by atoms with Crippen molar-refractivity contribution in [3.8, 4) is 5.75 Å². The predicted molar refractivity (Wildman–Crippen MR) is 88.5 cm³/mol. The van der Waals surface area contributed by atoms with Crippen LogP contribution in [0.3, 0.4) is 0 Å². The summed E-state index contributed by atoms with van der Waals surface area (Å²) in [6.07, 6.45) is 2.94. The number of para-hydroxylation sites is 1. The zero-order valence-corrected chi connectivity index (χ0v) is 14.2. The number of rotatable bonds is 4. The van der Waals surface area contributed by atoms with Gasteiger partial charge >= 0.3 is 6.03 Å².